The molecule has 0 radical (unpaired) electrons. The molecule has 0 saturated carbocycles. The second-order valence-corrected chi connectivity index (χ2v) is 6.26. The topological polar surface area (TPSA) is 21.3 Å². The fourth-order valence-corrected chi connectivity index (χ4v) is 3.10. The monoisotopic (exact) mass is 267 g/mol. The van der Waals surface area contributed by atoms with Crippen LogP contribution in [0.3, 0.4) is 0 Å². The molecule has 1 heterocycles. The zero-order valence-electron chi connectivity index (χ0n) is 11.8. The third-order valence-corrected chi connectivity index (χ3v) is 3.55. The van der Waals surface area contributed by atoms with Crippen LogP contribution in [0.2, 0.25) is 0 Å². The Bertz CT molecular complexity index is 286. The van der Waals surface area contributed by atoms with Crippen LogP contribution in [0.25, 0.3) is 0 Å². The summed E-state index contributed by atoms with van der Waals surface area (Å²) in [4.78, 5) is 0. The van der Waals surface area contributed by atoms with Crippen LogP contribution < -0.4 is 5.32 Å². The lowest BCUT2D eigenvalue weighted by molar-refractivity contribution is -0.147. The Hall–Kier alpha value is -0.290. The van der Waals surface area contributed by atoms with Crippen LogP contribution in [0.4, 0.5) is 13.2 Å². The van der Waals surface area contributed by atoms with Gasteiger partial charge in [0.25, 0.3) is 0 Å². The van der Waals surface area contributed by atoms with Crippen molar-refractivity contribution in [3.63, 3.8) is 0 Å². The minimum atomic E-state index is -4.14. The van der Waals surface area contributed by atoms with Gasteiger partial charge < -0.3 is 10.1 Å². The normalized spacial score (nSPS) is 28.3. The maximum atomic E-state index is 12.6. The Morgan fingerprint density at radius 2 is 1.83 bits per heavy atom. The summed E-state index contributed by atoms with van der Waals surface area (Å²) in [6.07, 6.45) is -4.29. The molecule has 0 aliphatic carbocycles. The summed E-state index contributed by atoms with van der Waals surface area (Å²) in [6, 6.07) is -0.577. The average molecular weight is 267 g/mol. The minimum absolute atomic E-state index is 0.130. The number of halogens is 3. The summed E-state index contributed by atoms with van der Waals surface area (Å²) in [5, 5.41) is 2.97. The van der Waals surface area contributed by atoms with Crippen LogP contribution in [0.1, 0.15) is 47.5 Å². The van der Waals surface area contributed by atoms with Crippen molar-refractivity contribution in [2.45, 2.75) is 70.9 Å². The van der Waals surface area contributed by atoms with Gasteiger partial charge in [-0.2, -0.15) is 13.2 Å². The first-order valence-corrected chi connectivity index (χ1v) is 6.47. The van der Waals surface area contributed by atoms with Crippen LogP contribution in [0.15, 0.2) is 0 Å². The largest absolute Gasteiger partial charge is 0.390 e. The van der Waals surface area contributed by atoms with Gasteiger partial charge in [-0.15, -0.1) is 0 Å². The van der Waals surface area contributed by atoms with E-state index in [1.165, 1.54) is 0 Å². The van der Waals surface area contributed by atoms with Crippen molar-refractivity contribution in [2.24, 2.45) is 5.92 Å². The highest BCUT2D eigenvalue weighted by Gasteiger charge is 2.50. The molecule has 2 nitrogen and oxygen atoms in total. The molecule has 0 bridgehead atoms. The van der Waals surface area contributed by atoms with Crippen molar-refractivity contribution < 1.29 is 17.9 Å². The number of nitrogens with one attached hydrogen (secondary N) is 1. The zero-order chi connectivity index (χ0) is 14.2. The van der Waals surface area contributed by atoms with Gasteiger partial charge in [0.1, 0.15) is 0 Å². The number of ether oxygens (including phenoxy) is 1. The van der Waals surface area contributed by atoms with Crippen LogP contribution in [-0.4, -0.2) is 30.0 Å². The van der Waals surface area contributed by atoms with E-state index in [1.807, 2.05) is 34.6 Å². The lowest BCUT2D eigenvalue weighted by Gasteiger charge is -2.33. The van der Waals surface area contributed by atoms with E-state index in [4.69, 9.17) is 4.74 Å². The van der Waals surface area contributed by atoms with Gasteiger partial charge in [-0.05, 0) is 40.7 Å². The Balaban J connectivity index is 2.85. The lowest BCUT2D eigenvalue weighted by Crippen LogP contribution is -2.46. The molecule has 1 fully saturated rings. The van der Waals surface area contributed by atoms with Gasteiger partial charge in [-0.3, -0.25) is 0 Å². The first-order chi connectivity index (χ1) is 7.97. The number of alkyl halides is 3. The molecule has 0 amide bonds. The molecular formula is C13H24F3NO. The first kappa shape index (κ1) is 15.8. The van der Waals surface area contributed by atoms with Crippen LogP contribution in [-0.2, 0) is 4.74 Å². The molecule has 1 aliphatic heterocycles. The van der Waals surface area contributed by atoms with Crippen molar-refractivity contribution in [3.8, 4) is 0 Å². The zero-order valence-corrected chi connectivity index (χ0v) is 11.8. The second-order valence-electron chi connectivity index (χ2n) is 6.26. The van der Waals surface area contributed by atoms with Crippen molar-refractivity contribution in [1.29, 1.82) is 0 Å². The van der Waals surface area contributed by atoms with Crippen molar-refractivity contribution in [1.82, 2.24) is 5.32 Å². The quantitative estimate of drug-likeness (QED) is 0.841. The van der Waals surface area contributed by atoms with Gasteiger partial charge in [-0.1, -0.05) is 6.92 Å². The van der Waals surface area contributed by atoms with Gasteiger partial charge >= 0.3 is 6.18 Å². The Kier molecular flexibility index (Phi) is 4.38. The van der Waals surface area contributed by atoms with Gasteiger partial charge in [0.2, 0.25) is 0 Å². The smallest absolute Gasteiger partial charge is 0.369 e. The van der Waals surface area contributed by atoms with E-state index in [0.717, 1.165) is 0 Å². The predicted octanol–water partition coefficient (Wildman–Crippen LogP) is 3.51. The molecule has 108 valence electrons. The molecule has 18 heavy (non-hydrogen) atoms. The van der Waals surface area contributed by atoms with E-state index in [9.17, 15) is 13.2 Å². The predicted molar refractivity (Wildman–Crippen MR) is 65.5 cm³/mol. The van der Waals surface area contributed by atoms with Gasteiger partial charge in [-0.25, -0.2) is 0 Å². The molecule has 2 unspecified atom stereocenters. The molecule has 0 aromatic heterocycles. The third-order valence-electron chi connectivity index (χ3n) is 3.55. The highest BCUT2D eigenvalue weighted by atomic mass is 19.4. The van der Waals surface area contributed by atoms with Crippen molar-refractivity contribution in [2.75, 3.05) is 6.54 Å². The summed E-state index contributed by atoms with van der Waals surface area (Å²) >= 11 is 0. The van der Waals surface area contributed by atoms with Crippen molar-refractivity contribution in [3.05, 3.63) is 0 Å². The highest BCUT2D eigenvalue weighted by molar-refractivity contribution is 4.99. The Labute approximate surface area is 107 Å². The number of hydrogen-bond acceptors (Lipinski definition) is 2. The van der Waals surface area contributed by atoms with Gasteiger partial charge in [0.15, 0.2) is 0 Å². The summed E-state index contributed by atoms with van der Waals surface area (Å²) in [5.41, 5.74) is -0.880. The maximum absolute atomic E-state index is 12.6. The van der Waals surface area contributed by atoms with Gasteiger partial charge in [0, 0.05) is 12.0 Å². The van der Waals surface area contributed by atoms with E-state index >= 15 is 0 Å². The van der Waals surface area contributed by atoms with Crippen LogP contribution in [0, 0.1) is 5.92 Å². The van der Waals surface area contributed by atoms with Gasteiger partial charge in [0.05, 0.1) is 17.6 Å². The summed E-state index contributed by atoms with van der Waals surface area (Å²) in [7, 11) is 0. The fourth-order valence-electron chi connectivity index (χ4n) is 3.10. The Morgan fingerprint density at radius 1 is 1.28 bits per heavy atom. The highest BCUT2D eigenvalue weighted by Crippen LogP contribution is 2.45. The van der Waals surface area contributed by atoms with Crippen LogP contribution in [0.5, 0.6) is 0 Å². The SMILES string of the molecule is CCNC(CC(F)(F)F)C1CC(C)(C)OC1(C)C. The molecule has 0 spiro atoms. The molecule has 5 heteroatoms. The Morgan fingerprint density at radius 3 is 2.17 bits per heavy atom. The summed E-state index contributed by atoms with van der Waals surface area (Å²) in [5.74, 6) is -0.130. The standard InChI is InChI=1S/C13H24F3NO/c1-6-17-10(8-13(14,15)16)9-7-11(2,3)18-12(9,4)5/h9-10,17H,6-8H2,1-5H3. The molecule has 1 rings (SSSR count). The lowest BCUT2D eigenvalue weighted by atomic mass is 9.80. The summed E-state index contributed by atoms with van der Waals surface area (Å²) in [6.45, 7) is 10.0. The van der Waals surface area contributed by atoms with E-state index in [0.29, 0.717) is 13.0 Å². The molecule has 1 saturated heterocycles. The molecular weight excluding hydrogens is 243 g/mol. The van der Waals surface area contributed by atoms with E-state index in [-0.39, 0.29) is 11.5 Å². The van der Waals surface area contributed by atoms with E-state index < -0.39 is 24.2 Å². The van der Waals surface area contributed by atoms with Crippen molar-refractivity contribution >= 4 is 0 Å². The maximum Gasteiger partial charge on any atom is 0.390 e. The average Bonchev–Trinajstić information content (AvgIpc) is 2.31. The molecule has 1 aliphatic rings. The molecule has 0 aromatic rings. The van der Waals surface area contributed by atoms with Crippen LogP contribution >= 0.6 is 0 Å². The second kappa shape index (κ2) is 5.00. The molecule has 0 aromatic carbocycles. The molecule has 2 atom stereocenters. The van der Waals surface area contributed by atoms with E-state index in [1.54, 1.807) is 0 Å². The number of rotatable bonds is 4. The molecule has 1 N–H and O–H groups in total. The van der Waals surface area contributed by atoms with E-state index in [2.05, 4.69) is 5.32 Å². The summed E-state index contributed by atoms with van der Waals surface area (Å²) < 4.78 is 43.8. The minimum Gasteiger partial charge on any atom is -0.369 e. The third kappa shape index (κ3) is 4.12. The number of hydrogen-bond donors (Lipinski definition) is 1. The first-order valence-electron chi connectivity index (χ1n) is 6.47. The fraction of sp³-hybridized carbons (Fsp3) is 1.00.